The fourth-order valence-corrected chi connectivity index (χ4v) is 2.80. The Balaban J connectivity index is 2.57. The zero-order valence-electron chi connectivity index (χ0n) is 11.3. The van der Waals surface area contributed by atoms with Crippen molar-refractivity contribution in [3.05, 3.63) is 47.0 Å². The van der Waals surface area contributed by atoms with Crippen LogP contribution in [0.25, 0.3) is 21.5 Å². The Morgan fingerprint density at radius 2 is 1.42 bits per heavy atom. The van der Waals surface area contributed by atoms with E-state index in [1.54, 1.807) is 12.1 Å². The Kier molecular flexibility index (Phi) is 2.42. The minimum absolute atomic E-state index is 0.264. The molecule has 2 nitrogen and oxygen atoms in total. The predicted molar refractivity (Wildman–Crippen MR) is 79.0 cm³/mol. The molecule has 0 aromatic heterocycles. The number of phenols is 2. The van der Waals surface area contributed by atoms with Crippen LogP contribution in [-0.2, 0) is 0 Å². The number of hydrogen-bond donors (Lipinski definition) is 2. The number of aromatic hydroxyl groups is 2. The number of benzene rings is 3. The summed E-state index contributed by atoms with van der Waals surface area (Å²) in [5, 5.41) is 24.0. The smallest absolute Gasteiger partial charge is 0.122 e. The molecule has 0 saturated heterocycles. The van der Waals surface area contributed by atoms with Crippen LogP contribution in [0.4, 0.5) is 0 Å². The Hall–Kier alpha value is -2.22. The molecular weight excluding hydrogens is 236 g/mol. The zero-order chi connectivity index (χ0) is 13.7. The molecule has 0 atom stereocenters. The maximum atomic E-state index is 10.1. The van der Waals surface area contributed by atoms with E-state index in [2.05, 4.69) is 6.92 Å². The monoisotopic (exact) mass is 252 g/mol. The van der Waals surface area contributed by atoms with Gasteiger partial charge in [0.2, 0.25) is 0 Å². The van der Waals surface area contributed by atoms with Crippen molar-refractivity contribution in [1.82, 2.24) is 0 Å². The van der Waals surface area contributed by atoms with E-state index in [1.165, 1.54) is 5.56 Å². The van der Waals surface area contributed by atoms with Crippen molar-refractivity contribution in [3.63, 3.8) is 0 Å². The maximum Gasteiger partial charge on any atom is 0.122 e. The molecule has 0 aliphatic carbocycles. The highest BCUT2D eigenvalue weighted by atomic mass is 16.3. The van der Waals surface area contributed by atoms with Crippen LogP contribution in [-0.4, -0.2) is 10.2 Å². The molecule has 0 amide bonds. The van der Waals surface area contributed by atoms with Crippen molar-refractivity contribution in [2.24, 2.45) is 0 Å². The first-order chi connectivity index (χ1) is 8.99. The van der Waals surface area contributed by atoms with Crippen LogP contribution in [0.5, 0.6) is 11.5 Å². The standard InChI is InChI=1S/C17H16O2/c1-9-6-15-10(2)14-5-4-13(18)7-12(14)8-16(15)11(3)17(9)19/h4-8,18-19H,1-3H3. The topological polar surface area (TPSA) is 40.5 Å². The third-order valence-electron chi connectivity index (χ3n) is 3.93. The second kappa shape index (κ2) is 3.89. The van der Waals surface area contributed by atoms with Gasteiger partial charge in [-0.2, -0.15) is 0 Å². The molecule has 0 radical (unpaired) electrons. The number of hydrogen-bond acceptors (Lipinski definition) is 2. The van der Waals surface area contributed by atoms with E-state index < -0.39 is 0 Å². The fourth-order valence-electron chi connectivity index (χ4n) is 2.80. The van der Waals surface area contributed by atoms with E-state index in [0.29, 0.717) is 5.75 Å². The van der Waals surface area contributed by atoms with Gasteiger partial charge in [-0.3, -0.25) is 0 Å². The van der Waals surface area contributed by atoms with Crippen LogP contribution in [0.1, 0.15) is 16.7 Å². The van der Waals surface area contributed by atoms with Gasteiger partial charge in [-0.15, -0.1) is 0 Å². The number of phenolic OH excluding ortho intramolecular Hbond substituents is 2. The fraction of sp³-hybridized carbons (Fsp3) is 0.176. The molecule has 0 fully saturated rings. The second-order valence-electron chi connectivity index (χ2n) is 5.17. The van der Waals surface area contributed by atoms with Crippen molar-refractivity contribution in [2.75, 3.05) is 0 Å². The lowest BCUT2D eigenvalue weighted by molar-refractivity contribution is 0.468. The normalized spacial score (nSPS) is 11.3. The first kappa shape index (κ1) is 11.8. The molecule has 0 aliphatic rings. The molecule has 3 aromatic rings. The summed E-state index contributed by atoms with van der Waals surface area (Å²) >= 11 is 0. The third kappa shape index (κ3) is 1.64. The summed E-state index contributed by atoms with van der Waals surface area (Å²) in [6.07, 6.45) is 0. The van der Waals surface area contributed by atoms with E-state index in [1.807, 2.05) is 32.0 Å². The first-order valence-corrected chi connectivity index (χ1v) is 6.34. The van der Waals surface area contributed by atoms with E-state index in [0.717, 1.165) is 32.7 Å². The lowest BCUT2D eigenvalue weighted by atomic mass is 9.93. The molecule has 2 N–H and O–H groups in total. The minimum Gasteiger partial charge on any atom is -0.508 e. The van der Waals surface area contributed by atoms with Crippen LogP contribution in [0.15, 0.2) is 30.3 Å². The molecule has 0 aliphatic heterocycles. The largest absolute Gasteiger partial charge is 0.508 e. The van der Waals surface area contributed by atoms with Crippen molar-refractivity contribution >= 4 is 21.5 Å². The molecule has 96 valence electrons. The first-order valence-electron chi connectivity index (χ1n) is 6.34. The Bertz CT molecular complexity index is 817. The summed E-state index contributed by atoms with van der Waals surface area (Å²) in [7, 11) is 0. The lowest BCUT2D eigenvalue weighted by Crippen LogP contribution is -1.89. The van der Waals surface area contributed by atoms with Crippen molar-refractivity contribution in [3.8, 4) is 11.5 Å². The predicted octanol–water partition coefficient (Wildman–Crippen LogP) is 4.33. The molecule has 0 heterocycles. The van der Waals surface area contributed by atoms with Gasteiger partial charge < -0.3 is 10.2 Å². The molecular formula is C17H16O2. The van der Waals surface area contributed by atoms with Crippen LogP contribution in [0.2, 0.25) is 0 Å². The average molecular weight is 252 g/mol. The summed E-state index contributed by atoms with van der Waals surface area (Å²) in [5.41, 5.74) is 2.97. The minimum atomic E-state index is 0.264. The van der Waals surface area contributed by atoms with Crippen LogP contribution >= 0.6 is 0 Å². The summed E-state index contributed by atoms with van der Waals surface area (Å²) in [5.74, 6) is 0.617. The van der Waals surface area contributed by atoms with Gasteiger partial charge in [0, 0.05) is 0 Å². The SMILES string of the molecule is Cc1cc2c(C)c3ccc(O)cc3cc2c(C)c1O. The van der Waals surface area contributed by atoms with Gasteiger partial charge in [0.1, 0.15) is 11.5 Å². The lowest BCUT2D eigenvalue weighted by Gasteiger charge is -2.13. The van der Waals surface area contributed by atoms with Crippen molar-refractivity contribution in [2.45, 2.75) is 20.8 Å². The molecule has 0 saturated carbocycles. The quantitative estimate of drug-likeness (QED) is 0.585. The number of aryl methyl sites for hydroxylation is 3. The van der Waals surface area contributed by atoms with Crippen LogP contribution < -0.4 is 0 Å². The highest BCUT2D eigenvalue weighted by Gasteiger charge is 2.11. The summed E-state index contributed by atoms with van der Waals surface area (Å²) in [6, 6.07) is 9.47. The molecule has 0 spiro atoms. The van der Waals surface area contributed by atoms with Gasteiger partial charge in [-0.25, -0.2) is 0 Å². The third-order valence-corrected chi connectivity index (χ3v) is 3.93. The Morgan fingerprint density at radius 1 is 0.737 bits per heavy atom. The molecule has 0 unspecified atom stereocenters. The highest BCUT2D eigenvalue weighted by Crippen LogP contribution is 2.36. The van der Waals surface area contributed by atoms with Gasteiger partial charge in [0.15, 0.2) is 0 Å². The summed E-state index contributed by atoms with van der Waals surface area (Å²) in [4.78, 5) is 0. The maximum absolute atomic E-state index is 10.1. The van der Waals surface area contributed by atoms with E-state index in [4.69, 9.17) is 0 Å². The molecule has 2 heteroatoms. The zero-order valence-corrected chi connectivity index (χ0v) is 11.3. The van der Waals surface area contributed by atoms with Gasteiger partial charge in [0.05, 0.1) is 0 Å². The highest BCUT2D eigenvalue weighted by molar-refractivity contribution is 6.04. The summed E-state index contributed by atoms with van der Waals surface area (Å²) < 4.78 is 0. The van der Waals surface area contributed by atoms with E-state index >= 15 is 0 Å². The van der Waals surface area contributed by atoms with Crippen LogP contribution in [0.3, 0.4) is 0 Å². The number of rotatable bonds is 0. The molecule has 3 rings (SSSR count). The molecule has 0 bridgehead atoms. The summed E-state index contributed by atoms with van der Waals surface area (Å²) in [6.45, 7) is 5.93. The average Bonchev–Trinajstić information content (AvgIpc) is 2.38. The van der Waals surface area contributed by atoms with Crippen molar-refractivity contribution in [1.29, 1.82) is 0 Å². The van der Waals surface area contributed by atoms with Gasteiger partial charge >= 0.3 is 0 Å². The van der Waals surface area contributed by atoms with Crippen molar-refractivity contribution < 1.29 is 10.2 Å². The molecule has 19 heavy (non-hydrogen) atoms. The van der Waals surface area contributed by atoms with E-state index in [9.17, 15) is 10.2 Å². The van der Waals surface area contributed by atoms with Gasteiger partial charge in [-0.05, 0) is 83.3 Å². The Labute approximate surface area is 111 Å². The van der Waals surface area contributed by atoms with Gasteiger partial charge in [0.25, 0.3) is 0 Å². The van der Waals surface area contributed by atoms with E-state index in [-0.39, 0.29) is 5.75 Å². The molecule has 3 aromatic carbocycles. The second-order valence-corrected chi connectivity index (χ2v) is 5.17. The number of fused-ring (bicyclic) bond motifs is 2. The van der Waals surface area contributed by atoms with Crippen LogP contribution in [0, 0.1) is 20.8 Å². The Morgan fingerprint density at radius 3 is 2.16 bits per heavy atom. The van der Waals surface area contributed by atoms with Gasteiger partial charge in [-0.1, -0.05) is 6.07 Å².